The van der Waals surface area contributed by atoms with Crippen LogP contribution < -0.4 is 0 Å². The molecule has 1 heterocycles. The van der Waals surface area contributed by atoms with Crippen LogP contribution in [0.1, 0.15) is 60.3 Å². The maximum absolute atomic E-state index is 11.5. The van der Waals surface area contributed by atoms with Crippen LogP contribution in [0.25, 0.3) is 0 Å². The fourth-order valence-electron chi connectivity index (χ4n) is 2.04. The molecule has 0 fully saturated rings. The molecule has 1 rings (SSSR count). The summed E-state index contributed by atoms with van der Waals surface area (Å²) in [6, 6.07) is 0. The molecule has 0 bridgehead atoms. The lowest BCUT2D eigenvalue weighted by Gasteiger charge is -2.31. The second-order valence-electron chi connectivity index (χ2n) is 5.80. The molecule has 0 radical (unpaired) electrons. The molecule has 0 N–H and O–H groups in total. The van der Waals surface area contributed by atoms with Gasteiger partial charge in [0.25, 0.3) is 0 Å². The largest absolute Gasteiger partial charge is 0.452 e. The van der Waals surface area contributed by atoms with Gasteiger partial charge in [-0.25, -0.2) is 4.79 Å². The van der Waals surface area contributed by atoms with E-state index in [2.05, 4.69) is 19.9 Å². The van der Waals surface area contributed by atoms with E-state index in [1.54, 1.807) is 13.8 Å². The predicted octanol–water partition coefficient (Wildman–Crippen LogP) is 4.34. The van der Waals surface area contributed by atoms with Crippen LogP contribution in [-0.2, 0) is 14.3 Å². The molecule has 19 heavy (non-hydrogen) atoms. The van der Waals surface area contributed by atoms with Crippen molar-refractivity contribution in [3.63, 3.8) is 0 Å². The number of rotatable bonds is 6. The van der Waals surface area contributed by atoms with Gasteiger partial charge in [-0.3, -0.25) is 0 Å². The number of unbranched alkanes of at least 4 members (excludes halogenated alkanes) is 1. The Labute approximate surface area is 116 Å². The fourth-order valence-corrected chi connectivity index (χ4v) is 2.04. The second-order valence-corrected chi connectivity index (χ2v) is 5.80. The van der Waals surface area contributed by atoms with Gasteiger partial charge in [-0.05, 0) is 24.8 Å². The Morgan fingerprint density at radius 2 is 2.11 bits per heavy atom. The van der Waals surface area contributed by atoms with Crippen LogP contribution in [0, 0.1) is 5.92 Å². The van der Waals surface area contributed by atoms with Gasteiger partial charge in [-0.1, -0.05) is 39.2 Å². The van der Waals surface area contributed by atoms with Gasteiger partial charge < -0.3 is 9.47 Å². The minimum absolute atomic E-state index is 0.335. The Hall–Kier alpha value is -1.25. The average Bonchev–Trinajstić information content (AvgIpc) is 2.30. The zero-order valence-electron chi connectivity index (χ0n) is 12.8. The highest BCUT2D eigenvalue weighted by Gasteiger charge is 2.30. The minimum atomic E-state index is -0.871. The lowest BCUT2D eigenvalue weighted by molar-refractivity contribution is -0.203. The van der Waals surface area contributed by atoms with Gasteiger partial charge in [0.15, 0.2) is 0 Å². The van der Waals surface area contributed by atoms with E-state index in [9.17, 15) is 4.79 Å². The Balaban J connectivity index is 2.61. The molecule has 0 saturated heterocycles. The normalized spacial score (nSPS) is 20.4. The summed E-state index contributed by atoms with van der Waals surface area (Å²) in [5.74, 6) is 0.0883. The lowest BCUT2D eigenvalue weighted by Crippen LogP contribution is -2.34. The highest BCUT2D eigenvalue weighted by atomic mass is 16.7. The van der Waals surface area contributed by atoms with Crippen LogP contribution in [0.5, 0.6) is 0 Å². The summed E-state index contributed by atoms with van der Waals surface area (Å²) < 4.78 is 10.7. The molecule has 0 spiro atoms. The molecule has 1 aliphatic rings. The highest BCUT2D eigenvalue weighted by molar-refractivity contribution is 5.84. The number of carbonyl (C=O) groups excluding carboxylic acids is 1. The molecular formula is C16H26O3. The summed E-state index contributed by atoms with van der Waals surface area (Å²) in [5.41, 5.74) is 1.01. The van der Waals surface area contributed by atoms with E-state index >= 15 is 0 Å². The van der Waals surface area contributed by atoms with Crippen LogP contribution in [0.2, 0.25) is 0 Å². The standard InChI is InChI=1S/C16H26O3/c1-6-7-8-12(2)9-10-13(3)14-11-15(17)19-16(4,5)18-14/h10-12H,6-9H2,1-5H3. The smallest absolute Gasteiger partial charge is 0.337 e. The van der Waals surface area contributed by atoms with Gasteiger partial charge in [-0.2, -0.15) is 0 Å². The van der Waals surface area contributed by atoms with Crippen LogP contribution >= 0.6 is 0 Å². The molecule has 1 atom stereocenters. The van der Waals surface area contributed by atoms with E-state index in [-0.39, 0.29) is 5.97 Å². The van der Waals surface area contributed by atoms with Crippen LogP contribution in [-0.4, -0.2) is 11.8 Å². The monoisotopic (exact) mass is 266 g/mol. The third kappa shape index (κ3) is 5.50. The van der Waals surface area contributed by atoms with Crippen molar-refractivity contribution < 1.29 is 14.3 Å². The summed E-state index contributed by atoms with van der Waals surface area (Å²) in [4.78, 5) is 11.5. The first-order chi connectivity index (χ1) is 8.84. The third-order valence-electron chi connectivity index (χ3n) is 3.22. The fraction of sp³-hybridized carbons (Fsp3) is 0.688. The van der Waals surface area contributed by atoms with E-state index in [0.29, 0.717) is 11.7 Å². The Kier molecular flexibility index (Phi) is 5.64. The molecule has 0 aromatic carbocycles. The minimum Gasteiger partial charge on any atom is -0.452 e. The molecular weight excluding hydrogens is 240 g/mol. The van der Waals surface area contributed by atoms with Crippen LogP contribution in [0.4, 0.5) is 0 Å². The van der Waals surface area contributed by atoms with Crippen molar-refractivity contribution in [3.8, 4) is 0 Å². The van der Waals surface area contributed by atoms with Gasteiger partial charge in [0.2, 0.25) is 5.79 Å². The van der Waals surface area contributed by atoms with E-state index in [4.69, 9.17) is 9.47 Å². The Morgan fingerprint density at radius 3 is 2.68 bits per heavy atom. The van der Waals surface area contributed by atoms with Gasteiger partial charge in [0.05, 0.1) is 6.08 Å². The average molecular weight is 266 g/mol. The first kappa shape index (κ1) is 15.8. The lowest BCUT2D eigenvalue weighted by atomic mass is 9.99. The number of cyclic esters (lactones) is 1. The van der Waals surface area contributed by atoms with Crippen molar-refractivity contribution in [2.75, 3.05) is 0 Å². The molecule has 1 unspecified atom stereocenters. The molecule has 0 saturated carbocycles. The van der Waals surface area contributed by atoms with E-state index < -0.39 is 5.79 Å². The summed E-state index contributed by atoms with van der Waals surface area (Å²) in [5, 5.41) is 0. The highest BCUT2D eigenvalue weighted by Crippen LogP contribution is 2.27. The first-order valence-electron chi connectivity index (χ1n) is 7.15. The molecule has 108 valence electrons. The predicted molar refractivity (Wildman–Crippen MR) is 76.4 cm³/mol. The number of ether oxygens (including phenoxy) is 2. The van der Waals surface area contributed by atoms with Gasteiger partial charge in [0.1, 0.15) is 5.76 Å². The summed E-state index contributed by atoms with van der Waals surface area (Å²) in [7, 11) is 0. The SMILES string of the molecule is CCCCC(C)CC=C(C)C1=CC(=O)OC(C)(C)O1. The third-order valence-corrected chi connectivity index (χ3v) is 3.22. The molecule has 3 nitrogen and oxygen atoms in total. The van der Waals surface area contributed by atoms with E-state index in [0.717, 1.165) is 12.0 Å². The Morgan fingerprint density at radius 1 is 1.42 bits per heavy atom. The van der Waals surface area contributed by atoms with Gasteiger partial charge in [0, 0.05) is 13.8 Å². The number of esters is 1. The number of allylic oxidation sites excluding steroid dienone is 2. The molecule has 3 heteroatoms. The molecule has 0 aliphatic carbocycles. The van der Waals surface area contributed by atoms with Gasteiger partial charge >= 0.3 is 5.97 Å². The first-order valence-corrected chi connectivity index (χ1v) is 7.15. The zero-order chi connectivity index (χ0) is 14.5. The van der Waals surface area contributed by atoms with Crippen LogP contribution in [0.15, 0.2) is 23.5 Å². The second kappa shape index (κ2) is 6.78. The van der Waals surface area contributed by atoms with Gasteiger partial charge in [-0.15, -0.1) is 0 Å². The van der Waals surface area contributed by atoms with E-state index in [1.165, 1.54) is 25.3 Å². The molecule has 0 aromatic rings. The molecule has 0 amide bonds. The van der Waals surface area contributed by atoms with Crippen molar-refractivity contribution in [2.24, 2.45) is 5.92 Å². The van der Waals surface area contributed by atoms with Crippen LogP contribution in [0.3, 0.4) is 0 Å². The number of hydrogen-bond acceptors (Lipinski definition) is 3. The van der Waals surface area contributed by atoms with Crippen molar-refractivity contribution in [1.29, 1.82) is 0 Å². The van der Waals surface area contributed by atoms with Crippen molar-refractivity contribution >= 4 is 5.97 Å². The van der Waals surface area contributed by atoms with E-state index in [1.807, 2.05) is 6.92 Å². The zero-order valence-corrected chi connectivity index (χ0v) is 12.8. The Bertz CT molecular complexity index is 377. The number of carbonyl (C=O) groups is 1. The van der Waals surface area contributed by atoms with Crippen molar-refractivity contribution in [2.45, 2.75) is 66.1 Å². The van der Waals surface area contributed by atoms with Crippen molar-refractivity contribution in [3.05, 3.63) is 23.5 Å². The topological polar surface area (TPSA) is 35.5 Å². The molecule has 0 aromatic heterocycles. The van der Waals surface area contributed by atoms with Crippen molar-refractivity contribution in [1.82, 2.24) is 0 Å². The quantitative estimate of drug-likeness (QED) is 0.671. The maximum Gasteiger partial charge on any atom is 0.337 e. The summed E-state index contributed by atoms with van der Waals surface area (Å²) >= 11 is 0. The maximum atomic E-state index is 11.5. The summed E-state index contributed by atoms with van der Waals surface area (Å²) in [6.07, 6.45) is 8.35. The molecule has 1 aliphatic heterocycles. The number of hydrogen-bond donors (Lipinski definition) is 0. The summed E-state index contributed by atoms with van der Waals surface area (Å²) in [6.45, 7) is 9.94.